The molecule has 0 bridgehead atoms. The smallest absolute Gasteiger partial charge is 0.0708 e. The van der Waals surface area contributed by atoms with Gasteiger partial charge in [-0.05, 0) is 19.3 Å². The molecule has 1 heterocycles. The molecule has 3 atom stereocenters. The Hall–Kier alpha value is -0.120. The zero-order valence-electron chi connectivity index (χ0n) is 6.71. The summed E-state index contributed by atoms with van der Waals surface area (Å²) in [7, 11) is 0. The zero-order chi connectivity index (χ0) is 7.68. The molecular formula is C8H16N2O. The highest BCUT2D eigenvalue weighted by molar-refractivity contribution is 4.94. The van der Waals surface area contributed by atoms with E-state index < -0.39 is 0 Å². The van der Waals surface area contributed by atoms with Crippen LogP contribution in [0.5, 0.6) is 0 Å². The van der Waals surface area contributed by atoms with Crippen LogP contribution in [0.25, 0.3) is 0 Å². The van der Waals surface area contributed by atoms with Gasteiger partial charge >= 0.3 is 0 Å². The molecule has 0 aromatic rings. The van der Waals surface area contributed by atoms with Crippen LogP contribution in [-0.4, -0.2) is 36.4 Å². The standard InChI is InChI=1S/C8H16N2O/c11-7-3-1-2-6-8(7)10-5-4-9-6/h6-11H,1-5H2. The Morgan fingerprint density at radius 3 is 2.73 bits per heavy atom. The van der Waals surface area contributed by atoms with Gasteiger partial charge in [0.15, 0.2) is 0 Å². The van der Waals surface area contributed by atoms with Gasteiger partial charge in [-0.3, -0.25) is 0 Å². The number of nitrogens with one attached hydrogen (secondary N) is 2. The van der Waals surface area contributed by atoms with Gasteiger partial charge in [0.1, 0.15) is 0 Å². The Kier molecular flexibility index (Phi) is 2.11. The fourth-order valence-corrected chi connectivity index (χ4v) is 2.18. The summed E-state index contributed by atoms with van der Waals surface area (Å²) in [5, 5.41) is 16.4. The van der Waals surface area contributed by atoms with Gasteiger partial charge in [-0.15, -0.1) is 0 Å². The van der Waals surface area contributed by atoms with Crippen molar-refractivity contribution >= 4 is 0 Å². The van der Waals surface area contributed by atoms with E-state index in [1.807, 2.05) is 0 Å². The molecule has 64 valence electrons. The lowest BCUT2D eigenvalue weighted by Crippen LogP contribution is -2.62. The Morgan fingerprint density at radius 2 is 1.91 bits per heavy atom. The van der Waals surface area contributed by atoms with Gasteiger partial charge in [0, 0.05) is 25.2 Å². The van der Waals surface area contributed by atoms with Crippen LogP contribution in [0.1, 0.15) is 19.3 Å². The van der Waals surface area contributed by atoms with Crippen LogP contribution in [-0.2, 0) is 0 Å². The molecule has 2 aliphatic rings. The minimum atomic E-state index is -0.124. The Labute approximate surface area is 67.2 Å². The highest BCUT2D eigenvalue weighted by atomic mass is 16.3. The fraction of sp³-hybridized carbons (Fsp3) is 1.00. The normalized spacial score (nSPS) is 45.0. The van der Waals surface area contributed by atoms with Crippen molar-refractivity contribution in [1.82, 2.24) is 10.6 Å². The molecule has 2 rings (SSSR count). The molecule has 0 spiro atoms. The molecule has 11 heavy (non-hydrogen) atoms. The van der Waals surface area contributed by atoms with Crippen LogP contribution in [0.15, 0.2) is 0 Å². The van der Waals surface area contributed by atoms with Crippen LogP contribution in [0.4, 0.5) is 0 Å². The first kappa shape index (κ1) is 7.53. The predicted molar refractivity (Wildman–Crippen MR) is 43.4 cm³/mol. The van der Waals surface area contributed by atoms with Gasteiger partial charge in [-0.25, -0.2) is 0 Å². The number of hydrogen-bond acceptors (Lipinski definition) is 3. The lowest BCUT2D eigenvalue weighted by Gasteiger charge is -2.40. The molecule has 0 aromatic heterocycles. The number of aliphatic hydroxyl groups is 1. The highest BCUT2D eigenvalue weighted by Gasteiger charge is 2.33. The van der Waals surface area contributed by atoms with E-state index in [1.165, 1.54) is 6.42 Å². The third-order valence-electron chi connectivity index (χ3n) is 2.77. The van der Waals surface area contributed by atoms with Crippen LogP contribution in [0.3, 0.4) is 0 Å². The topological polar surface area (TPSA) is 44.3 Å². The van der Waals surface area contributed by atoms with E-state index in [0.717, 1.165) is 25.9 Å². The monoisotopic (exact) mass is 156 g/mol. The maximum Gasteiger partial charge on any atom is 0.0708 e. The average Bonchev–Trinajstić information content (AvgIpc) is 2.06. The van der Waals surface area contributed by atoms with E-state index in [0.29, 0.717) is 12.1 Å². The second-order valence-corrected chi connectivity index (χ2v) is 3.54. The van der Waals surface area contributed by atoms with Crippen LogP contribution < -0.4 is 10.6 Å². The quantitative estimate of drug-likeness (QED) is 0.441. The van der Waals surface area contributed by atoms with E-state index in [2.05, 4.69) is 10.6 Å². The molecule has 2 fully saturated rings. The first-order valence-corrected chi connectivity index (χ1v) is 4.53. The van der Waals surface area contributed by atoms with Crippen LogP contribution in [0, 0.1) is 0 Å². The summed E-state index contributed by atoms with van der Waals surface area (Å²) in [4.78, 5) is 0. The number of aliphatic hydroxyl groups excluding tert-OH is 1. The Morgan fingerprint density at radius 1 is 1.09 bits per heavy atom. The molecule has 3 nitrogen and oxygen atoms in total. The minimum absolute atomic E-state index is 0.124. The lowest BCUT2D eigenvalue weighted by atomic mass is 9.87. The van der Waals surface area contributed by atoms with Crippen molar-refractivity contribution in [3.63, 3.8) is 0 Å². The molecule has 3 N–H and O–H groups in total. The fourth-order valence-electron chi connectivity index (χ4n) is 2.18. The predicted octanol–water partition coefficient (Wildman–Crippen LogP) is -0.539. The maximum atomic E-state index is 9.60. The number of piperazine rings is 1. The summed E-state index contributed by atoms with van der Waals surface area (Å²) in [5.41, 5.74) is 0. The molecule has 0 aromatic carbocycles. The van der Waals surface area contributed by atoms with Crippen molar-refractivity contribution in [2.24, 2.45) is 0 Å². The van der Waals surface area contributed by atoms with Gasteiger partial charge in [-0.1, -0.05) is 0 Å². The third-order valence-corrected chi connectivity index (χ3v) is 2.77. The van der Waals surface area contributed by atoms with E-state index >= 15 is 0 Å². The molecule has 1 saturated heterocycles. The van der Waals surface area contributed by atoms with E-state index in [-0.39, 0.29) is 6.10 Å². The number of hydrogen-bond donors (Lipinski definition) is 3. The molecular weight excluding hydrogens is 140 g/mol. The molecule has 1 saturated carbocycles. The van der Waals surface area contributed by atoms with Gasteiger partial charge in [0.25, 0.3) is 0 Å². The zero-order valence-corrected chi connectivity index (χ0v) is 6.71. The molecule has 0 radical (unpaired) electrons. The lowest BCUT2D eigenvalue weighted by molar-refractivity contribution is 0.0606. The van der Waals surface area contributed by atoms with Gasteiger partial charge in [0.05, 0.1) is 6.10 Å². The maximum absolute atomic E-state index is 9.60. The van der Waals surface area contributed by atoms with Crippen molar-refractivity contribution in [3.05, 3.63) is 0 Å². The van der Waals surface area contributed by atoms with Gasteiger partial charge in [-0.2, -0.15) is 0 Å². The molecule has 1 aliphatic heterocycles. The average molecular weight is 156 g/mol. The summed E-state index contributed by atoms with van der Waals surface area (Å²) >= 11 is 0. The third kappa shape index (κ3) is 1.41. The van der Waals surface area contributed by atoms with Crippen LogP contribution >= 0.6 is 0 Å². The summed E-state index contributed by atoms with van der Waals surface area (Å²) in [5.74, 6) is 0. The SMILES string of the molecule is OC1CCCC2NCCNC12. The number of fused-ring (bicyclic) bond motifs is 1. The summed E-state index contributed by atoms with van der Waals surface area (Å²) in [6.45, 7) is 2.05. The van der Waals surface area contributed by atoms with Crippen molar-refractivity contribution in [2.75, 3.05) is 13.1 Å². The highest BCUT2D eigenvalue weighted by Crippen LogP contribution is 2.20. The van der Waals surface area contributed by atoms with Gasteiger partial charge in [0.2, 0.25) is 0 Å². The Balaban J connectivity index is 1.99. The first-order valence-electron chi connectivity index (χ1n) is 4.53. The first-order chi connectivity index (χ1) is 5.38. The minimum Gasteiger partial charge on any atom is -0.391 e. The summed E-state index contributed by atoms with van der Waals surface area (Å²) < 4.78 is 0. The van der Waals surface area contributed by atoms with Crippen LogP contribution in [0.2, 0.25) is 0 Å². The molecule has 3 heteroatoms. The summed E-state index contributed by atoms with van der Waals surface area (Å²) in [6, 6.07) is 0.838. The van der Waals surface area contributed by atoms with Crippen molar-refractivity contribution in [3.8, 4) is 0 Å². The molecule has 3 unspecified atom stereocenters. The second-order valence-electron chi connectivity index (χ2n) is 3.54. The van der Waals surface area contributed by atoms with Crippen molar-refractivity contribution in [2.45, 2.75) is 37.5 Å². The number of rotatable bonds is 0. The Bertz CT molecular complexity index is 138. The summed E-state index contributed by atoms with van der Waals surface area (Å²) in [6.07, 6.45) is 3.23. The second kappa shape index (κ2) is 3.09. The molecule has 0 amide bonds. The van der Waals surface area contributed by atoms with Gasteiger partial charge < -0.3 is 15.7 Å². The largest absolute Gasteiger partial charge is 0.391 e. The van der Waals surface area contributed by atoms with Crippen molar-refractivity contribution in [1.29, 1.82) is 0 Å². The van der Waals surface area contributed by atoms with E-state index in [4.69, 9.17) is 0 Å². The van der Waals surface area contributed by atoms with Crippen molar-refractivity contribution < 1.29 is 5.11 Å². The van der Waals surface area contributed by atoms with E-state index in [1.54, 1.807) is 0 Å². The van der Waals surface area contributed by atoms with E-state index in [9.17, 15) is 5.11 Å². The molecule has 1 aliphatic carbocycles.